The van der Waals surface area contributed by atoms with Crippen LogP contribution in [0.25, 0.3) is 11.3 Å². The second kappa shape index (κ2) is 7.67. The largest absolute Gasteiger partial charge is 0.497 e. The fourth-order valence-electron chi connectivity index (χ4n) is 3.07. The lowest BCUT2D eigenvalue weighted by molar-refractivity contribution is -0.121. The number of para-hydroxylation sites is 1. The lowest BCUT2D eigenvalue weighted by Crippen LogP contribution is -2.35. The smallest absolute Gasteiger partial charge is 0.264 e. The van der Waals surface area contributed by atoms with Crippen molar-refractivity contribution in [1.29, 1.82) is 0 Å². The van der Waals surface area contributed by atoms with Crippen LogP contribution in [-0.4, -0.2) is 37.7 Å². The van der Waals surface area contributed by atoms with Crippen LogP contribution in [0.15, 0.2) is 53.1 Å². The van der Waals surface area contributed by atoms with Gasteiger partial charge in [-0.25, -0.2) is 0 Å². The van der Waals surface area contributed by atoms with Crippen LogP contribution in [0.4, 0.5) is 11.4 Å². The minimum Gasteiger partial charge on any atom is -0.497 e. The van der Waals surface area contributed by atoms with Gasteiger partial charge in [0.2, 0.25) is 5.91 Å². The number of ether oxygens (including phenoxy) is 2. The molecule has 8 nitrogen and oxygen atoms in total. The average Bonchev–Trinajstić information content (AvgIpc) is 3.19. The quantitative estimate of drug-likeness (QED) is 0.716. The molecule has 2 amide bonds. The summed E-state index contributed by atoms with van der Waals surface area (Å²) < 4.78 is 16.1. The highest BCUT2D eigenvalue weighted by Crippen LogP contribution is 2.38. The Bertz CT molecular complexity index is 1080. The van der Waals surface area contributed by atoms with Crippen LogP contribution in [0.2, 0.25) is 0 Å². The highest BCUT2D eigenvalue weighted by atomic mass is 16.5. The lowest BCUT2D eigenvalue weighted by atomic mass is 10.1. The summed E-state index contributed by atoms with van der Waals surface area (Å²) in [6.07, 6.45) is 0.0336. The maximum Gasteiger partial charge on any atom is 0.264 e. The first-order valence-electron chi connectivity index (χ1n) is 8.97. The minimum absolute atomic E-state index is 0.0336. The predicted molar refractivity (Wildman–Crippen MR) is 106 cm³/mol. The molecule has 2 aromatic carbocycles. The third-order valence-corrected chi connectivity index (χ3v) is 4.60. The Morgan fingerprint density at radius 2 is 2.07 bits per heavy atom. The highest BCUT2D eigenvalue weighted by Gasteiger charge is 2.25. The first kappa shape index (κ1) is 18.5. The van der Waals surface area contributed by atoms with E-state index in [1.807, 2.05) is 24.3 Å². The van der Waals surface area contributed by atoms with Gasteiger partial charge in [0.05, 0.1) is 30.6 Å². The molecule has 0 saturated carbocycles. The van der Waals surface area contributed by atoms with Gasteiger partial charge in [-0.3, -0.25) is 9.59 Å². The molecule has 0 saturated heterocycles. The molecule has 2 heterocycles. The van der Waals surface area contributed by atoms with Crippen molar-refractivity contribution in [2.45, 2.75) is 6.42 Å². The molecule has 0 atom stereocenters. The summed E-state index contributed by atoms with van der Waals surface area (Å²) in [7, 11) is 3.26. The summed E-state index contributed by atoms with van der Waals surface area (Å²) in [4.78, 5) is 25.8. The van der Waals surface area contributed by atoms with Crippen molar-refractivity contribution < 1.29 is 23.6 Å². The van der Waals surface area contributed by atoms with E-state index in [0.717, 1.165) is 5.56 Å². The molecule has 1 aromatic heterocycles. The van der Waals surface area contributed by atoms with Gasteiger partial charge >= 0.3 is 0 Å². The van der Waals surface area contributed by atoms with Gasteiger partial charge in [0.15, 0.2) is 18.1 Å². The molecule has 4 rings (SSSR count). The Balaban J connectivity index is 1.47. The molecule has 0 bridgehead atoms. The Morgan fingerprint density at radius 1 is 1.24 bits per heavy atom. The van der Waals surface area contributed by atoms with Crippen molar-refractivity contribution in [2.24, 2.45) is 0 Å². The van der Waals surface area contributed by atoms with Gasteiger partial charge < -0.3 is 24.2 Å². The van der Waals surface area contributed by atoms with E-state index < -0.39 is 0 Å². The molecule has 1 aliphatic heterocycles. The zero-order chi connectivity index (χ0) is 20.4. The van der Waals surface area contributed by atoms with Crippen molar-refractivity contribution in [3.63, 3.8) is 0 Å². The normalized spacial score (nSPS) is 12.9. The first-order valence-corrected chi connectivity index (χ1v) is 8.97. The summed E-state index contributed by atoms with van der Waals surface area (Å²) >= 11 is 0. The Labute approximate surface area is 167 Å². The van der Waals surface area contributed by atoms with Crippen LogP contribution in [0.1, 0.15) is 5.69 Å². The SMILES string of the molecule is COc1cccc(-c2cc(CC(=O)Nc3cccc4c3OCC(=O)N4C)no2)c1. The van der Waals surface area contributed by atoms with Crippen molar-refractivity contribution in [3.8, 4) is 22.8 Å². The number of carbonyl (C=O) groups excluding carboxylic acids is 2. The number of anilines is 2. The van der Waals surface area contributed by atoms with E-state index in [0.29, 0.717) is 34.3 Å². The number of carbonyl (C=O) groups is 2. The summed E-state index contributed by atoms with van der Waals surface area (Å²) in [5, 5.41) is 6.80. The van der Waals surface area contributed by atoms with Crippen LogP contribution in [-0.2, 0) is 16.0 Å². The number of likely N-dealkylation sites (N-methyl/N-ethyl adjacent to an activating group) is 1. The molecule has 1 N–H and O–H groups in total. The number of hydrogen-bond donors (Lipinski definition) is 1. The lowest BCUT2D eigenvalue weighted by Gasteiger charge is -2.27. The third kappa shape index (κ3) is 3.77. The van der Waals surface area contributed by atoms with E-state index in [1.54, 1.807) is 38.4 Å². The third-order valence-electron chi connectivity index (χ3n) is 4.60. The highest BCUT2D eigenvalue weighted by molar-refractivity contribution is 6.01. The fraction of sp³-hybridized carbons (Fsp3) is 0.190. The zero-order valence-electron chi connectivity index (χ0n) is 16.0. The summed E-state index contributed by atoms with van der Waals surface area (Å²) in [5.41, 5.74) is 2.42. The van der Waals surface area contributed by atoms with Crippen LogP contribution >= 0.6 is 0 Å². The Kier molecular flexibility index (Phi) is 4.90. The van der Waals surface area contributed by atoms with Gasteiger partial charge in [0.25, 0.3) is 5.91 Å². The molecule has 148 valence electrons. The molecule has 29 heavy (non-hydrogen) atoms. The van der Waals surface area contributed by atoms with E-state index in [-0.39, 0.29) is 24.8 Å². The summed E-state index contributed by atoms with van der Waals surface area (Å²) in [5.74, 6) is 1.31. The standard InChI is InChI=1S/C21H19N3O5/c1-24-17-8-4-7-16(21(17)28-12-20(24)26)22-19(25)11-14-10-18(29-23-14)13-5-3-6-15(9-13)27-2/h3-10H,11-12H2,1-2H3,(H,22,25). The van der Waals surface area contributed by atoms with Gasteiger partial charge in [-0.2, -0.15) is 0 Å². The fourth-order valence-corrected chi connectivity index (χ4v) is 3.07. The second-order valence-electron chi connectivity index (χ2n) is 6.53. The van der Waals surface area contributed by atoms with Crippen LogP contribution in [0.5, 0.6) is 11.5 Å². The number of hydrogen-bond acceptors (Lipinski definition) is 6. The van der Waals surface area contributed by atoms with Crippen LogP contribution in [0, 0.1) is 0 Å². The molecular weight excluding hydrogens is 374 g/mol. The molecule has 0 radical (unpaired) electrons. The maximum atomic E-state index is 12.5. The van der Waals surface area contributed by atoms with E-state index in [9.17, 15) is 9.59 Å². The van der Waals surface area contributed by atoms with Gasteiger partial charge in [-0.1, -0.05) is 23.4 Å². The minimum atomic E-state index is -0.271. The monoisotopic (exact) mass is 393 g/mol. The van der Waals surface area contributed by atoms with E-state index in [1.165, 1.54) is 4.90 Å². The van der Waals surface area contributed by atoms with Crippen molar-refractivity contribution in [3.05, 3.63) is 54.2 Å². The topological polar surface area (TPSA) is 93.9 Å². The number of aromatic nitrogens is 1. The number of methoxy groups -OCH3 is 1. The summed E-state index contributed by atoms with van der Waals surface area (Å²) in [6, 6.07) is 14.4. The van der Waals surface area contributed by atoms with Crippen LogP contribution < -0.4 is 19.7 Å². The zero-order valence-corrected chi connectivity index (χ0v) is 16.0. The maximum absolute atomic E-state index is 12.5. The van der Waals surface area contributed by atoms with E-state index >= 15 is 0 Å². The van der Waals surface area contributed by atoms with Gasteiger partial charge in [0.1, 0.15) is 5.75 Å². The molecule has 1 aliphatic rings. The molecular formula is C21H19N3O5. The first-order chi connectivity index (χ1) is 14.0. The van der Waals surface area contributed by atoms with Crippen LogP contribution in [0.3, 0.4) is 0 Å². The summed E-state index contributed by atoms with van der Waals surface area (Å²) in [6.45, 7) is -0.0659. The Morgan fingerprint density at radius 3 is 2.90 bits per heavy atom. The predicted octanol–water partition coefficient (Wildman–Crippen LogP) is 2.89. The number of fused-ring (bicyclic) bond motifs is 1. The average molecular weight is 393 g/mol. The van der Waals surface area contributed by atoms with E-state index in [4.69, 9.17) is 14.0 Å². The van der Waals surface area contributed by atoms with E-state index in [2.05, 4.69) is 10.5 Å². The number of amides is 2. The van der Waals surface area contributed by atoms with Crippen molar-refractivity contribution >= 4 is 23.2 Å². The molecule has 3 aromatic rings. The van der Waals surface area contributed by atoms with Gasteiger partial charge in [-0.05, 0) is 24.3 Å². The van der Waals surface area contributed by atoms with Gasteiger partial charge in [-0.15, -0.1) is 0 Å². The van der Waals surface area contributed by atoms with Gasteiger partial charge in [0, 0.05) is 18.7 Å². The number of rotatable bonds is 5. The Hall–Kier alpha value is -3.81. The number of nitrogens with zero attached hydrogens (tertiary/aromatic N) is 2. The molecule has 0 fully saturated rings. The molecule has 0 unspecified atom stereocenters. The molecule has 8 heteroatoms. The van der Waals surface area contributed by atoms with Crippen molar-refractivity contribution in [2.75, 3.05) is 31.0 Å². The molecule has 0 spiro atoms. The van der Waals surface area contributed by atoms with Crippen molar-refractivity contribution in [1.82, 2.24) is 5.16 Å². The second-order valence-corrected chi connectivity index (χ2v) is 6.53. The number of nitrogens with one attached hydrogen (secondary N) is 1. The number of benzene rings is 2. The molecule has 0 aliphatic carbocycles.